The van der Waals surface area contributed by atoms with Crippen LogP contribution in [-0.4, -0.2) is 115 Å². The lowest BCUT2D eigenvalue weighted by molar-refractivity contribution is -0.239. The summed E-state index contributed by atoms with van der Waals surface area (Å²) in [6.45, 7) is -0.527. The molecule has 1 aromatic heterocycles. The molecule has 0 aliphatic carbocycles. The fraction of sp³-hybridized carbons (Fsp3) is 0.600. The van der Waals surface area contributed by atoms with Gasteiger partial charge >= 0.3 is 5.69 Å². The number of ether oxygens (including phenoxy) is 3. The van der Waals surface area contributed by atoms with Crippen LogP contribution in [0.1, 0.15) is 44.8 Å². The molecule has 2 unspecified atom stereocenters. The first-order chi connectivity index (χ1) is 24.4. The number of nitrogens with two attached hydrogens (primary N) is 1. The molecule has 4 aliphatic heterocycles. The first-order valence-electron chi connectivity index (χ1n) is 16.3. The van der Waals surface area contributed by atoms with Crippen LogP contribution in [0.5, 0.6) is 0 Å². The average molecular weight is 757 g/mol. The van der Waals surface area contributed by atoms with Gasteiger partial charge in [0.15, 0.2) is 18.1 Å². The Balaban J connectivity index is 1.06. The summed E-state index contributed by atoms with van der Waals surface area (Å²) in [5, 5.41) is 51.8. The van der Waals surface area contributed by atoms with E-state index in [2.05, 4.69) is 16.0 Å². The fourth-order valence-corrected chi connectivity index (χ4v) is 8.60. The maximum atomic E-state index is 12.8. The lowest BCUT2D eigenvalue weighted by Crippen LogP contribution is -2.53. The topological polar surface area (TPSA) is 294 Å². The average Bonchev–Trinajstić information content (AvgIpc) is 3.76. The molecular weight excluding hydrogens is 716 g/mol. The van der Waals surface area contributed by atoms with Crippen molar-refractivity contribution < 1.29 is 53.8 Å². The van der Waals surface area contributed by atoms with Gasteiger partial charge < -0.3 is 56.3 Å². The minimum Gasteiger partial charge on any atom is -0.456 e. The van der Waals surface area contributed by atoms with Crippen molar-refractivity contribution in [1.29, 1.82) is 0 Å². The van der Waals surface area contributed by atoms with E-state index in [1.54, 1.807) is 0 Å². The molecule has 5 heterocycles. The highest BCUT2D eigenvalue weighted by Gasteiger charge is 2.52. The number of unbranched alkanes of at least 4 members (excludes halogenated alkanes) is 4. The number of fused-ring (bicyclic) bond motifs is 1. The van der Waals surface area contributed by atoms with Crippen molar-refractivity contribution in [1.82, 2.24) is 25.5 Å². The summed E-state index contributed by atoms with van der Waals surface area (Å²) in [6, 6.07) is 0.425. The molecule has 1 aromatic rings. The van der Waals surface area contributed by atoms with Gasteiger partial charge in [-0.05, 0) is 18.9 Å². The molecule has 0 spiro atoms. The number of amides is 4. The van der Waals surface area contributed by atoms with Gasteiger partial charge in [-0.15, -0.1) is 0 Å². The summed E-state index contributed by atoms with van der Waals surface area (Å²) in [7, 11) is 3.05. The molecule has 2 fully saturated rings. The third kappa shape index (κ3) is 9.03. The summed E-state index contributed by atoms with van der Waals surface area (Å²) in [6.07, 6.45) is -5.88. The van der Waals surface area contributed by atoms with Crippen LogP contribution in [0, 0.1) is 5.92 Å². The van der Waals surface area contributed by atoms with Crippen molar-refractivity contribution in [2.75, 3.05) is 13.2 Å². The molecular formula is C30H40N6O13S2. The molecule has 0 saturated carbocycles. The normalized spacial score (nSPS) is 30.4. The number of nitrogens with one attached hydrogen (secondary N) is 4. The number of carbonyl (C=O) groups excluding carboxylic acids is 4. The minimum absolute atomic E-state index is 0.0884. The molecule has 0 radical (unpaired) electrons. The number of H-pyrrole nitrogens is 1. The molecule has 5 rings (SSSR count). The van der Waals surface area contributed by atoms with E-state index in [0.29, 0.717) is 12.8 Å². The monoisotopic (exact) mass is 756 g/mol. The van der Waals surface area contributed by atoms with Crippen LogP contribution in [0.15, 0.2) is 44.8 Å². The molecule has 19 nitrogen and oxygen atoms in total. The van der Waals surface area contributed by atoms with E-state index in [9.17, 15) is 49.2 Å². The zero-order valence-electron chi connectivity index (χ0n) is 27.0. The van der Waals surface area contributed by atoms with Gasteiger partial charge in [0.2, 0.25) is 24.0 Å². The lowest BCUT2D eigenvalue weighted by Gasteiger charge is -2.35. The minimum atomic E-state index is -1.83. The smallest absolute Gasteiger partial charge is 0.330 e. The Hall–Kier alpha value is -3.70. The maximum Gasteiger partial charge on any atom is 0.330 e. The number of hydrogen-bond acceptors (Lipinski definition) is 15. The van der Waals surface area contributed by atoms with E-state index in [4.69, 9.17) is 19.9 Å². The molecule has 51 heavy (non-hydrogen) atoms. The Bertz CT molecular complexity index is 1650. The van der Waals surface area contributed by atoms with Crippen molar-refractivity contribution in [2.24, 2.45) is 11.7 Å². The quantitative estimate of drug-likeness (QED) is 0.0597. The standard InChI is InChI=1S/C30H40N6O13S2/c31-25(43)23(22-13(11-37)20(41)28(48-22)36-9-7-18(40)35-30(36)46)49-29-21(42)15(38)10-16(47-29)26(44)32-8-5-3-1-2-4-6-17(39)34-19-24-14(12-50-51-24)33-27(19)45/h7,9-10,12-13,15,19-24,28-29,37-38,41-42H,1-6,8,11H2,(H2,31,43)(H,32,44)(H,33,45)(H,34,39)(H,35,40,46)/t13-,15-,19?,20+,21-,22-,23+,24?,28+,29+/m0/s1. The number of primary amides is 1. The number of aliphatic hydroxyl groups is 4. The van der Waals surface area contributed by atoms with Crippen LogP contribution < -0.4 is 32.9 Å². The van der Waals surface area contributed by atoms with E-state index in [1.165, 1.54) is 21.6 Å². The summed E-state index contributed by atoms with van der Waals surface area (Å²) in [5.41, 5.74) is 4.72. The lowest BCUT2D eigenvalue weighted by atomic mass is 9.94. The molecule has 0 bridgehead atoms. The third-order valence-electron chi connectivity index (χ3n) is 8.74. The Kier molecular flexibility index (Phi) is 13.0. The van der Waals surface area contributed by atoms with Crippen molar-refractivity contribution in [3.8, 4) is 0 Å². The van der Waals surface area contributed by atoms with Gasteiger partial charge in [-0.2, -0.15) is 0 Å². The SMILES string of the molecule is NC(=O)[C@H](O[C@H]1OC(C(=O)NCCCCCCCC(=O)NC2C(=O)NC3=CSSC32)=C[C@H](O)[C@@H]1O)[C@H]1O[C@@H](n2ccc(=O)[nH]c2=O)[C@H](O)[C@@H]1CO. The van der Waals surface area contributed by atoms with Crippen LogP contribution >= 0.6 is 21.6 Å². The fourth-order valence-electron chi connectivity index (χ4n) is 6.02. The highest BCUT2D eigenvalue weighted by atomic mass is 33.1. The van der Waals surface area contributed by atoms with Crippen LogP contribution in [0.4, 0.5) is 0 Å². The number of aliphatic hydroxyl groups excluding tert-OH is 4. The molecule has 2 saturated heterocycles. The maximum absolute atomic E-state index is 12.8. The van der Waals surface area contributed by atoms with Crippen molar-refractivity contribution in [2.45, 2.75) is 92.9 Å². The zero-order chi connectivity index (χ0) is 36.8. The highest BCUT2D eigenvalue weighted by molar-refractivity contribution is 8.78. The molecule has 280 valence electrons. The molecule has 10 N–H and O–H groups in total. The van der Waals surface area contributed by atoms with Gasteiger partial charge in [-0.25, -0.2) is 4.79 Å². The van der Waals surface area contributed by atoms with Gasteiger partial charge in [-0.1, -0.05) is 40.9 Å². The molecule has 21 heteroatoms. The Labute approximate surface area is 297 Å². The first-order valence-corrected chi connectivity index (χ1v) is 18.5. The second-order valence-corrected chi connectivity index (χ2v) is 14.6. The van der Waals surface area contributed by atoms with E-state index >= 15 is 0 Å². The predicted octanol–water partition coefficient (Wildman–Crippen LogP) is -3.09. The first kappa shape index (κ1) is 38.5. The van der Waals surface area contributed by atoms with Crippen LogP contribution in [-0.2, 0) is 33.4 Å². The van der Waals surface area contributed by atoms with Gasteiger partial charge in [-0.3, -0.25) is 33.5 Å². The molecule has 4 amide bonds. The van der Waals surface area contributed by atoms with Crippen molar-refractivity contribution in [3.05, 3.63) is 56.0 Å². The van der Waals surface area contributed by atoms with Crippen LogP contribution in [0.25, 0.3) is 0 Å². The molecule has 4 aliphatic rings. The summed E-state index contributed by atoms with van der Waals surface area (Å²) >= 11 is 0. The number of aromatic amines is 1. The Morgan fingerprint density at radius 3 is 2.55 bits per heavy atom. The number of aromatic nitrogens is 2. The third-order valence-corrected chi connectivity index (χ3v) is 11.2. The van der Waals surface area contributed by atoms with Gasteiger partial charge in [0.05, 0.1) is 11.9 Å². The number of carbonyl (C=O) groups is 4. The molecule has 0 aromatic carbocycles. The van der Waals surface area contributed by atoms with Gasteiger partial charge in [0.1, 0.15) is 30.5 Å². The van der Waals surface area contributed by atoms with E-state index in [1.807, 2.05) is 10.4 Å². The largest absolute Gasteiger partial charge is 0.456 e. The second-order valence-electron chi connectivity index (χ2n) is 12.3. The summed E-state index contributed by atoms with van der Waals surface area (Å²) in [4.78, 5) is 75.6. The van der Waals surface area contributed by atoms with Crippen LogP contribution in [0.2, 0.25) is 0 Å². The van der Waals surface area contributed by atoms with Gasteiger partial charge in [0, 0.05) is 42.3 Å². The number of hydrogen-bond donors (Lipinski definition) is 9. The van der Waals surface area contributed by atoms with E-state index < -0.39 is 90.4 Å². The van der Waals surface area contributed by atoms with E-state index in [0.717, 1.165) is 47.9 Å². The van der Waals surface area contributed by atoms with Crippen LogP contribution in [0.3, 0.4) is 0 Å². The predicted molar refractivity (Wildman–Crippen MR) is 179 cm³/mol. The second kappa shape index (κ2) is 17.2. The number of rotatable bonds is 16. The Morgan fingerprint density at radius 1 is 1.08 bits per heavy atom. The highest BCUT2D eigenvalue weighted by Crippen LogP contribution is 2.43. The summed E-state index contributed by atoms with van der Waals surface area (Å²) < 4.78 is 17.6. The van der Waals surface area contributed by atoms with Crippen molar-refractivity contribution in [3.63, 3.8) is 0 Å². The molecule has 10 atom stereocenters. The van der Waals surface area contributed by atoms with Crippen molar-refractivity contribution >= 4 is 45.2 Å². The Morgan fingerprint density at radius 2 is 1.82 bits per heavy atom. The zero-order valence-corrected chi connectivity index (χ0v) is 28.7. The van der Waals surface area contributed by atoms with Gasteiger partial charge in [0.25, 0.3) is 11.5 Å². The van der Waals surface area contributed by atoms with E-state index in [-0.39, 0.29) is 30.0 Å². The number of nitrogens with zero attached hydrogens (tertiary/aromatic N) is 1. The summed E-state index contributed by atoms with van der Waals surface area (Å²) in [5.74, 6) is -3.97.